The fourth-order valence-corrected chi connectivity index (χ4v) is 5.59. The number of para-hydroxylation sites is 1. The number of methoxy groups -OCH3 is 1. The average Bonchev–Trinajstić information content (AvgIpc) is 3.31. The Morgan fingerprint density at radius 2 is 1.65 bits per heavy atom. The topological polar surface area (TPSA) is 119 Å². The molecule has 3 N–H and O–H groups in total. The van der Waals surface area contributed by atoms with Crippen molar-refractivity contribution in [3.63, 3.8) is 0 Å². The number of carbonyl (C=O) groups excluding carboxylic acids is 3. The van der Waals surface area contributed by atoms with E-state index in [4.69, 9.17) is 4.74 Å². The second kappa shape index (κ2) is 14.2. The predicted molar refractivity (Wildman–Crippen MR) is 177 cm³/mol. The zero-order valence-corrected chi connectivity index (χ0v) is 25.8. The highest BCUT2D eigenvalue weighted by Gasteiger charge is 2.53. The molecule has 9 heteroatoms. The number of hydrogen-bond acceptors (Lipinski definition) is 6. The maximum absolute atomic E-state index is 14.1. The van der Waals surface area contributed by atoms with Crippen LogP contribution in [0, 0.1) is 5.92 Å². The zero-order valence-electron chi connectivity index (χ0n) is 25.8. The van der Waals surface area contributed by atoms with Crippen molar-refractivity contribution in [2.24, 2.45) is 5.92 Å². The van der Waals surface area contributed by atoms with E-state index < -0.39 is 17.4 Å². The van der Waals surface area contributed by atoms with E-state index in [1.54, 1.807) is 85.7 Å². The van der Waals surface area contributed by atoms with Gasteiger partial charge in [-0.15, -0.1) is 0 Å². The van der Waals surface area contributed by atoms with Gasteiger partial charge < -0.3 is 25.2 Å². The van der Waals surface area contributed by atoms with Gasteiger partial charge >= 0.3 is 0 Å². The number of aliphatic hydroxyl groups excluding tert-OH is 1. The minimum atomic E-state index is -1.99. The molecule has 2 atom stereocenters. The molecule has 0 unspecified atom stereocenters. The lowest BCUT2D eigenvalue weighted by Crippen LogP contribution is -2.42. The van der Waals surface area contributed by atoms with Crippen LogP contribution in [-0.4, -0.2) is 53.1 Å². The second-order valence-electron chi connectivity index (χ2n) is 11.1. The van der Waals surface area contributed by atoms with E-state index in [0.717, 1.165) is 5.56 Å². The minimum Gasteiger partial charge on any atom is -0.497 e. The molecule has 4 aromatic rings. The normalized spacial score (nSPS) is 16.3. The first-order chi connectivity index (χ1) is 22.3. The smallest absolute Gasteiger partial charge is 0.268 e. The van der Waals surface area contributed by atoms with Crippen LogP contribution in [0.1, 0.15) is 34.8 Å². The Morgan fingerprint density at radius 1 is 0.978 bits per heavy atom. The fraction of sp³-hybridized carbons (Fsp3) is 0.216. The van der Waals surface area contributed by atoms with Crippen LogP contribution in [0.25, 0.3) is 0 Å². The number of nitrogens with zero attached hydrogens (tertiary/aromatic N) is 2. The fourth-order valence-electron chi connectivity index (χ4n) is 5.59. The summed E-state index contributed by atoms with van der Waals surface area (Å²) in [6.45, 7) is 2.09. The highest BCUT2D eigenvalue weighted by molar-refractivity contribution is 6.13. The summed E-state index contributed by atoms with van der Waals surface area (Å²) in [5.41, 5.74) is 1.21. The monoisotopic (exact) mass is 619 g/mol. The molecule has 4 aromatic carbocycles. The van der Waals surface area contributed by atoms with E-state index in [0.29, 0.717) is 40.5 Å². The van der Waals surface area contributed by atoms with E-state index in [9.17, 15) is 24.6 Å². The number of anilines is 3. The van der Waals surface area contributed by atoms with Gasteiger partial charge in [-0.25, -0.2) is 0 Å². The Labute approximate surface area is 268 Å². The maximum Gasteiger partial charge on any atom is 0.268 e. The molecule has 0 radical (unpaired) electrons. The Balaban J connectivity index is 1.40. The van der Waals surface area contributed by atoms with Gasteiger partial charge in [0.25, 0.3) is 11.8 Å². The summed E-state index contributed by atoms with van der Waals surface area (Å²) in [6.07, 6.45) is 3.33. The summed E-state index contributed by atoms with van der Waals surface area (Å²) in [4.78, 5) is 43.2. The van der Waals surface area contributed by atoms with Crippen LogP contribution >= 0.6 is 0 Å². The summed E-state index contributed by atoms with van der Waals surface area (Å²) in [5.74, 6) is -1.21. The van der Waals surface area contributed by atoms with Crippen molar-refractivity contribution in [1.82, 2.24) is 4.90 Å². The van der Waals surface area contributed by atoms with Crippen molar-refractivity contribution < 1.29 is 29.3 Å². The summed E-state index contributed by atoms with van der Waals surface area (Å²) in [5, 5.41) is 24.6. The van der Waals surface area contributed by atoms with Gasteiger partial charge in [-0.2, -0.15) is 0 Å². The van der Waals surface area contributed by atoms with Crippen LogP contribution in [0.3, 0.4) is 0 Å². The SMILES string of the molecule is COc1ccc(C(=O)Nc2ccc3c(c2)[C@@](O)([C@H](C)/C=C/CC(=O)N(CCO)Cc2ccccc2)C(=O)N3c2ccccc2)cc1. The number of fused-ring (bicyclic) bond motifs is 1. The Bertz CT molecular complexity index is 1710. The Morgan fingerprint density at radius 3 is 2.30 bits per heavy atom. The van der Waals surface area contributed by atoms with Crippen LogP contribution < -0.4 is 15.0 Å². The maximum atomic E-state index is 14.1. The van der Waals surface area contributed by atoms with Gasteiger partial charge in [0.2, 0.25) is 5.91 Å². The standard InChI is InChI=1S/C37H37N3O6/c1-26(10-9-15-34(42)39(22-23-41)25-27-11-5-3-6-12-27)37(45)32-24-29(38-35(43)28-16-19-31(46-2)20-17-28)18-21-33(32)40(36(37)44)30-13-7-4-8-14-30/h3-14,16-21,24,26,41,45H,15,22-23,25H2,1-2H3,(H,38,43)/b10-9+/t26-,37+/m1/s1. The number of carbonyl (C=O) groups is 3. The van der Waals surface area contributed by atoms with Gasteiger partial charge in [-0.05, 0) is 60.2 Å². The first-order valence-electron chi connectivity index (χ1n) is 15.1. The van der Waals surface area contributed by atoms with Crippen LogP contribution in [0.4, 0.5) is 17.1 Å². The quantitative estimate of drug-likeness (QED) is 0.182. The first-order valence-corrected chi connectivity index (χ1v) is 15.1. The molecule has 46 heavy (non-hydrogen) atoms. The third-order valence-electron chi connectivity index (χ3n) is 8.12. The lowest BCUT2D eigenvalue weighted by molar-refractivity contribution is -0.138. The Kier molecular flexibility index (Phi) is 9.95. The van der Waals surface area contributed by atoms with Gasteiger partial charge in [-0.1, -0.05) is 67.6 Å². The summed E-state index contributed by atoms with van der Waals surface area (Å²) in [7, 11) is 1.55. The number of aliphatic hydroxyl groups is 2. The van der Waals surface area contributed by atoms with Crippen molar-refractivity contribution in [2.75, 3.05) is 30.5 Å². The molecule has 3 amide bonds. The molecule has 1 aliphatic rings. The third-order valence-corrected chi connectivity index (χ3v) is 8.12. The summed E-state index contributed by atoms with van der Waals surface area (Å²) < 4.78 is 5.17. The molecule has 1 aliphatic heterocycles. The summed E-state index contributed by atoms with van der Waals surface area (Å²) in [6, 6.07) is 30.3. The first kappa shape index (κ1) is 32.2. The van der Waals surface area contributed by atoms with Gasteiger partial charge in [0, 0.05) is 47.9 Å². The third kappa shape index (κ3) is 6.71. The number of benzene rings is 4. The second-order valence-corrected chi connectivity index (χ2v) is 11.1. The molecule has 236 valence electrons. The van der Waals surface area contributed by atoms with Gasteiger partial charge in [0.1, 0.15) is 5.75 Å². The largest absolute Gasteiger partial charge is 0.497 e. The van der Waals surface area contributed by atoms with Crippen molar-refractivity contribution in [3.05, 3.63) is 132 Å². The number of hydrogen-bond donors (Lipinski definition) is 3. The molecule has 0 bridgehead atoms. The molecule has 9 nitrogen and oxygen atoms in total. The molecule has 1 heterocycles. The molecule has 0 fully saturated rings. The lowest BCUT2D eigenvalue weighted by Gasteiger charge is -2.28. The number of nitrogens with one attached hydrogen (secondary N) is 1. The van der Waals surface area contributed by atoms with Crippen molar-refractivity contribution in [3.8, 4) is 5.75 Å². The number of rotatable bonds is 12. The van der Waals surface area contributed by atoms with E-state index in [1.165, 1.54) is 4.90 Å². The van der Waals surface area contributed by atoms with Crippen LogP contribution in [0.2, 0.25) is 0 Å². The minimum absolute atomic E-state index is 0.0225. The highest BCUT2D eigenvalue weighted by Crippen LogP contribution is 2.49. The molecular formula is C37H37N3O6. The molecule has 0 aromatic heterocycles. The number of amides is 3. The van der Waals surface area contributed by atoms with Crippen LogP contribution in [0.15, 0.2) is 115 Å². The zero-order chi connectivity index (χ0) is 32.7. The molecule has 0 saturated heterocycles. The summed E-state index contributed by atoms with van der Waals surface area (Å²) >= 11 is 0. The van der Waals surface area contributed by atoms with Gasteiger partial charge in [-0.3, -0.25) is 19.3 Å². The van der Waals surface area contributed by atoms with Crippen molar-refractivity contribution >= 4 is 34.8 Å². The molecule has 0 spiro atoms. The van der Waals surface area contributed by atoms with Crippen LogP contribution in [0.5, 0.6) is 5.75 Å². The van der Waals surface area contributed by atoms with Gasteiger partial charge in [0.05, 0.1) is 19.4 Å². The van der Waals surface area contributed by atoms with E-state index >= 15 is 0 Å². The molecule has 0 aliphatic carbocycles. The molecule has 0 saturated carbocycles. The molecular weight excluding hydrogens is 582 g/mol. The van der Waals surface area contributed by atoms with Crippen molar-refractivity contribution in [2.45, 2.75) is 25.5 Å². The van der Waals surface area contributed by atoms with E-state index in [2.05, 4.69) is 5.32 Å². The van der Waals surface area contributed by atoms with Gasteiger partial charge in [0.15, 0.2) is 5.60 Å². The van der Waals surface area contributed by atoms with E-state index in [-0.39, 0.29) is 31.4 Å². The number of ether oxygens (including phenoxy) is 1. The van der Waals surface area contributed by atoms with E-state index in [1.807, 2.05) is 48.5 Å². The Hall–Kier alpha value is -5.25. The predicted octanol–water partition coefficient (Wildman–Crippen LogP) is 5.42. The highest BCUT2D eigenvalue weighted by atomic mass is 16.5. The molecule has 5 rings (SSSR count). The average molecular weight is 620 g/mol. The lowest BCUT2D eigenvalue weighted by atomic mass is 9.82. The van der Waals surface area contributed by atoms with Crippen molar-refractivity contribution in [1.29, 1.82) is 0 Å². The van der Waals surface area contributed by atoms with Crippen LogP contribution in [-0.2, 0) is 21.7 Å².